The third kappa shape index (κ3) is 3.28. The topological polar surface area (TPSA) is 12.0 Å². The summed E-state index contributed by atoms with van der Waals surface area (Å²) in [5.74, 6) is 0.374. The Bertz CT molecular complexity index is 590. The summed E-state index contributed by atoms with van der Waals surface area (Å²) >= 11 is 3.48. The van der Waals surface area contributed by atoms with Crippen LogP contribution in [0.1, 0.15) is 29.9 Å². The number of nitrogens with one attached hydrogen (secondary N) is 1. The molecule has 0 aliphatic heterocycles. The van der Waals surface area contributed by atoms with Crippen LogP contribution in [0, 0.1) is 5.82 Å². The highest BCUT2D eigenvalue weighted by Gasteiger charge is 2.29. The Morgan fingerprint density at radius 2 is 1.90 bits per heavy atom. The van der Waals surface area contributed by atoms with Crippen LogP contribution in [0.4, 0.5) is 4.39 Å². The molecule has 0 radical (unpaired) electrons. The van der Waals surface area contributed by atoms with Crippen molar-refractivity contribution in [2.24, 2.45) is 0 Å². The van der Waals surface area contributed by atoms with Crippen LogP contribution in [-0.4, -0.2) is 6.04 Å². The molecule has 2 aromatic carbocycles. The van der Waals surface area contributed by atoms with Gasteiger partial charge in [0.25, 0.3) is 0 Å². The van der Waals surface area contributed by atoms with E-state index in [1.807, 2.05) is 12.1 Å². The lowest BCUT2D eigenvalue weighted by Gasteiger charge is -2.36. The Morgan fingerprint density at radius 3 is 2.65 bits per heavy atom. The Balaban J connectivity index is 1.49. The van der Waals surface area contributed by atoms with E-state index in [-0.39, 0.29) is 5.82 Å². The van der Waals surface area contributed by atoms with Crippen molar-refractivity contribution in [3.8, 4) is 0 Å². The van der Waals surface area contributed by atoms with Crippen LogP contribution in [0.15, 0.2) is 53.0 Å². The van der Waals surface area contributed by atoms with E-state index in [1.54, 1.807) is 12.1 Å². The average Bonchev–Trinajstić information content (AvgIpc) is 2.37. The molecule has 0 amide bonds. The van der Waals surface area contributed by atoms with Gasteiger partial charge >= 0.3 is 0 Å². The second kappa shape index (κ2) is 6.06. The first-order valence-corrected chi connectivity index (χ1v) is 7.73. The summed E-state index contributed by atoms with van der Waals surface area (Å²) in [6.07, 6.45) is 2.19. The minimum atomic E-state index is -0.131. The van der Waals surface area contributed by atoms with Gasteiger partial charge in [-0.3, -0.25) is 0 Å². The van der Waals surface area contributed by atoms with Gasteiger partial charge in [0.2, 0.25) is 0 Å². The summed E-state index contributed by atoms with van der Waals surface area (Å²) in [4.78, 5) is 0. The molecule has 1 aliphatic rings. The number of hydrogen-bond acceptors (Lipinski definition) is 1. The molecule has 1 nitrogen and oxygen atoms in total. The largest absolute Gasteiger partial charge is 0.310 e. The molecular weight excluding hydrogens is 317 g/mol. The Labute approximate surface area is 127 Å². The van der Waals surface area contributed by atoms with Gasteiger partial charge in [-0.15, -0.1) is 0 Å². The molecule has 0 spiro atoms. The first kappa shape index (κ1) is 13.8. The van der Waals surface area contributed by atoms with Crippen molar-refractivity contribution in [1.82, 2.24) is 5.32 Å². The molecule has 0 bridgehead atoms. The monoisotopic (exact) mass is 333 g/mol. The van der Waals surface area contributed by atoms with Crippen molar-refractivity contribution >= 4 is 15.9 Å². The van der Waals surface area contributed by atoms with Crippen molar-refractivity contribution in [2.75, 3.05) is 0 Å². The lowest BCUT2D eigenvalue weighted by atomic mass is 9.76. The molecule has 20 heavy (non-hydrogen) atoms. The predicted molar refractivity (Wildman–Crippen MR) is 83.1 cm³/mol. The Morgan fingerprint density at radius 1 is 1.10 bits per heavy atom. The van der Waals surface area contributed by atoms with E-state index < -0.39 is 0 Å². The van der Waals surface area contributed by atoms with E-state index in [2.05, 4.69) is 39.4 Å². The third-order valence-electron chi connectivity index (χ3n) is 3.94. The molecule has 3 rings (SSSR count). The van der Waals surface area contributed by atoms with Crippen LogP contribution >= 0.6 is 15.9 Å². The van der Waals surface area contributed by atoms with Crippen LogP contribution in [-0.2, 0) is 6.54 Å². The van der Waals surface area contributed by atoms with Gasteiger partial charge in [0, 0.05) is 17.1 Å². The maximum absolute atomic E-state index is 13.2. The van der Waals surface area contributed by atoms with Crippen molar-refractivity contribution in [3.63, 3.8) is 0 Å². The standard InChI is InChI=1S/C17H17BrFN/c18-15-5-1-3-12(7-15)11-20-17-9-14(10-17)13-4-2-6-16(19)8-13/h1-8,14,17,20H,9-11H2. The molecule has 1 fully saturated rings. The summed E-state index contributed by atoms with van der Waals surface area (Å²) in [5, 5.41) is 3.56. The minimum Gasteiger partial charge on any atom is -0.310 e. The lowest BCUT2D eigenvalue weighted by molar-refractivity contribution is 0.289. The summed E-state index contributed by atoms with van der Waals surface area (Å²) in [5.41, 5.74) is 2.42. The first-order valence-electron chi connectivity index (χ1n) is 6.94. The molecular formula is C17H17BrFN. The third-order valence-corrected chi connectivity index (χ3v) is 4.44. The lowest BCUT2D eigenvalue weighted by Crippen LogP contribution is -2.39. The zero-order valence-electron chi connectivity index (χ0n) is 11.2. The summed E-state index contributed by atoms with van der Waals surface area (Å²) in [7, 11) is 0. The van der Waals surface area contributed by atoms with Gasteiger partial charge in [-0.05, 0) is 54.2 Å². The molecule has 0 aromatic heterocycles. The summed E-state index contributed by atoms with van der Waals surface area (Å²) in [6, 6.07) is 15.9. The van der Waals surface area contributed by atoms with E-state index in [4.69, 9.17) is 0 Å². The van der Waals surface area contributed by atoms with E-state index in [0.717, 1.165) is 29.4 Å². The van der Waals surface area contributed by atoms with Crippen molar-refractivity contribution in [1.29, 1.82) is 0 Å². The number of halogens is 2. The highest BCUT2D eigenvalue weighted by molar-refractivity contribution is 9.10. The maximum Gasteiger partial charge on any atom is 0.123 e. The fraction of sp³-hybridized carbons (Fsp3) is 0.294. The van der Waals surface area contributed by atoms with Crippen molar-refractivity contribution in [2.45, 2.75) is 31.3 Å². The van der Waals surface area contributed by atoms with Gasteiger partial charge in [0.05, 0.1) is 0 Å². The van der Waals surface area contributed by atoms with Gasteiger partial charge in [-0.25, -0.2) is 4.39 Å². The number of hydrogen-bond donors (Lipinski definition) is 1. The normalized spacial score (nSPS) is 21.5. The average molecular weight is 334 g/mol. The molecule has 3 heteroatoms. The highest BCUT2D eigenvalue weighted by Crippen LogP contribution is 2.37. The molecule has 1 N–H and O–H groups in total. The van der Waals surface area contributed by atoms with Gasteiger partial charge in [-0.1, -0.05) is 40.2 Å². The molecule has 0 saturated heterocycles. The van der Waals surface area contributed by atoms with Crippen molar-refractivity contribution in [3.05, 3.63) is 69.9 Å². The van der Waals surface area contributed by atoms with Crippen LogP contribution in [0.25, 0.3) is 0 Å². The SMILES string of the molecule is Fc1cccc(C2CC(NCc3cccc(Br)c3)C2)c1. The zero-order chi connectivity index (χ0) is 13.9. The van der Waals surface area contributed by atoms with Crippen LogP contribution in [0.5, 0.6) is 0 Å². The summed E-state index contributed by atoms with van der Waals surface area (Å²) < 4.78 is 14.3. The van der Waals surface area contributed by atoms with E-state index in [9.17, 15) is 4.39 Å². The first-order chi connectivity index (χ1) is 9.70. The Kier molecular flexibility index (Phi) is 4.18. The molecule has 104 valence electrons. The van der Waals surface area contributed by atoms with Crippen LogP contribution < -0.4 is 5.32 Å². The Hall–Kier alpha value is -1.19. The maximum atomic E-state index is 13.2. The van der Waals surface area contributed by atoms with Gasteiger partial charge in [-0.2, -0.15) is 0 Å². The van der Waals surface area contributed by atoms with Crippen LogP contribution in [0.2, 0.25) is 0 Å². The van der Waals surface area contributed by atoms with Gasteiger partial charge in [0.15, 0.2) is 0 Å². The van der Waals surface area contributed by atoms with Crippen molar-refractivity contribution < 1.29 is 4.39 Å². The molecule has 0 heterocycles. The van der Waals surface area contributed by atoms with E-state index >= 15 is 0 Å². The summed E-state index contributed by atoms with van der Waals surface area (Å²) in [6.45, 7) is 0.889. The molecule has 0 atom stereocenters. The van der Waals surface area contributed by atoms with Crippen LogP contribution in [0.3, 0.4) is 0 Å². The number of rotatable bonds is 4. The smallest absolute Gasteiger partial charge is 0.123 e. The second-order valence-electron chi connectivity index (χ2n) is 5.43. The minimum absolute atomic E-state index is 0.131. The van der Waals surface area contributed by atoms with E-state index in [1.165, 1.54) is 11.6 Å². The van der Waals surface area contributed by atoms with Gasteiger partial charge < -0.3 is 5.32 Å². The van der Waals surface area contributed by atoms with E-state index in [0.29, 0.717) is 12.0 Å². The molecule has 2 aromatic rings. The quantitative estimate of drug-likeness (QED) is 0.860. The highest BCUT2D eigenvalue weighted by atomic mass is 79.9. The fourth-order valence-corrected chi connectivity index (χ4v) is 3.17. The number of benzene rings is 2. The fourth-order valence-electron chi connectivity index (χ4n) is 2.73. The molecule has 1 saturated carbocycles. The van der Waals surface area contributed by atoms with Gasteiger partial charge in [0.1, 0.15) is 5.82 Å². The second-order valence-corrected chi connectivity index (χ2v) is 6.35. The molecule has 0 unspecified atom stereocenters. The predicted octanol–water partition coefficient (Wildman–Crippen LogP) is 4.62. The molecule has 1 aliphatic carbocycles. The zero-order valence-corrected chi connectivity index (χ0v) is 12.7.